The smallest absolute Gasteiger partial charge is 0.256 e. The lowest BCUT2D eigenvalue weighted by Gasteiger charge is -2.29. The van der Waals surface area contributed by atoms with Gasteiger partial charge in [0, 0.05) is 34.5 Å². The Balaban J connectivity index is 3.17. The van der Waals surface area contributed by atoms with Crippen LogP contribution in [0.5, 0.6) is 0 Å². The Labute approximate surface area is 254 Å². The average molecular weight is 862 g/mol. The summed E-state index contributed by atoms with van der Waals surface area (Å²) in [5.74, 6) is -1.95. The Morgan fingerprint density at radius 1 is 0.784 bits per heavy atom. The van der Waals surface area contributed by atoms with Crippen LogP contribution < -0.4 is 10.6 Å². The average Bonchev–Trinajstić information content (AvgIpc) is 2.82. The van der Waals surface area contributed by atoms with Crippen molar-refractivity contribution in [3.8, 4) is 0 Å². The van der Waals surface area contributed by atoms with Crippen LogP contribution in [0, 0.1) is 10.7 Å². The number of likely N-dealkylation sites (N-methyl/N-ethyl adjacent to an activating group) is 2. The van der Waals surface area contributed by atoms with Crippen molar-refractivity contribution in [2.45, 2.75) is 38.3 Å². The fourth-order valence-electron chi connectivity index (χ4n) is 3.06. The Morgan fingerprint density at radius 2 is 1.22 bits per heavy atom. The van der Waals surface area contributed by atoms with Crippen LogP contribution in [0.15, 0.2) is 0 Å². The summed E-state index contributed by atoms with van der Waals surface area (Å²) in [4.78, 5) is 51.8. The molecule has 0 saturated carbocycles. The molecule has 13 nitrogen and oxygen atoms in total. The van der Waals surface area contributed by atoms with Crippen molar-refractivity contribution in [2.75, 3.05) is 44.4 Å². The molecule has 7 N–H and O–H groups in total. The molecule has 4 atom stereocenters. The number of carbonyl (C=O) groups excluding carboxylic acids is 4. The quantitative estimate of drug-likeness (QED) is 0.142. The molecular formula is C21H29I3N4O9. The van der Waals surface area contributed by atoms with Crippen LogP contribution in [-0.2, 0) is 14.4 Å². The molecule has 1 aromatic carbocycles. The van der Waals surface area contributed by atoms with Gasteiger partial charge in [-0.15, -0.1) is 0 Å². The minimum absolute atomic E-state index is 0.156. The van der Waals surface area contributed by atoms with Gasteiger partial charge in [0.25, 0.3) is 5.91 Å². The van der Waals surface area contributed by atoms with E-state index in [4.69, 9.17) is 5.11 Å². The lowest BCUT2D eigenvalue weighted by molar-refractivity contribution is -0.138. The molecule has 16 heteroatoms. The maximum absolute atomic E-state index is 13.4. The SMILES string of the molecule is CC(=O)Nc1c(I)c(NC(C)=O)c(I)c(C(=O)N(C)CC(=O)N(C)C[C@H](O)[C@H](O)[C@@H](O)[C@H](O)CO)c1I. The maximum atomic E-state index is 13.4. The third-order valence-electron chi connectivity index (χ3n) is 5.06. The molecule has 0 aliphatic rings. The van der Waals surface area contributed by atoms with E-state index < -0.39 is 55.9 Å². The molecule has 4 amide bonds. The molecule has 0 fully saturated rings. The van der Waals surface area contributed by atoms with Crippen molar-refractivity contribution in [3.63, 3.8) is 0 Å². The first-order chi connectivity index (χ1) is 17.0. The first kappa shape index (κ1) is 34.1. The number of amides is 4. The summed E-state index contributed by atoms with van der Waals surface area (Å²) >= 11 is 5.77. The summed E-state index contributed by atoms with van der Waals surface area (Å²) in [5.41, 5.74) is 0.821. The zero-order chi connectivity index (χ0) is 28.8. The number of anilines is 2. The second kappa shape index (κ2) is 15.0. The van der Waals surface area contributed by atoms with Crippen molar-refractivity contribution in [1.29, 1.82) is 0 Å². The van der Waals surface area contributed by atoms with E-state index in [9.17, 15) is 39.6 Å². The van der Waals surface area contributed by atoms with Crippen LogP contribution in [0.3, 0.4) is 0 Å². The van der Waals surface area contributed by atoms with E-state index in [-0.39, 0.29) is 17.4 Å². The molecule has 0 saturated heterocycles. The van der Waals surface area contributed by atoms with E-state index in [0.717, 1.165) is 9.80 Å². The minimum atomic E-state index is -1.84. The van der Waals surface area contributed by atoms with Gasteiger partial charge in [-0.05, 0) is 67.8 Å². The van der Waals surface area contributed by atoms with Gasteiger partial charge in [-0.3, -0.25) is 19.2 Å². The second-order valence-electron chi connectivity index (χ2n) is 8.16. The highest BCUT2D eigenvalue weighted by Gasteiger charge is 2.32. The Kier molecular flexibility index (Phi) is 13.9. The van der Waals surface area contributed by atoms with E-state index in [0.29, 0.717) is 22.1 Å². The van der Waals surface area contributed by atoms with Gasteiger partial charge >= 0.3 is 0 Å². The maximum Gasteiger partial charge on any atom is 0.256 e. The molecule has 208 valence electrons. The summed E-state index contributed by atoms with van der Waals surface area (Å²) in [6, 6.07) is 0. The van der Waals surface area contributed by atoms with E-state index in [1.165, 1.54) is 27.9 Å². The van der Waals surface area contributed by atoms with Gasteiger partial charge in [0.2, 0.25) is 17.7 Å². The minimum Gasteiger partial charge on any atom is -0.394 e. The number of halogens is 3. The van der Waals surface area contributed by atoms with Crippen LogP contribution in [0.25, 0.3) is 0 Å². The molecule has 37 heavy (non-hydrogen) atoms. The number of aliphatic hydroxyl groups is 5. The summed E-state index contributed by atoms with van der Waals surface area (Å²) in [5, 5.41) is 53.5. The zero-order valence-corrected chi connectivity index (χ0v) is 26.8. The van der Waals surface area contributed by atoms with Crippen molar-refractivity contribution >= 4 is 103 Å². The molecule has 1 rings (SSSR count). The molecule has 0 heterocycles. The van der Waals surface area contributed by atoms with Gasteiger partial charge in [-0.1, -0.05) is 0 Å². The highest BCUT2D eigenvalue weighted by Crippen LogP contribution is 2.39. The lowest BCUT2D eigenvalue weighted by Crippen LogP contribution is -2.51. The first-order valence-electron chi connectivity index (χ1n) is 10.6. The number of benzene rings is 1. The van der Waals surface area contributed by atoms with E-state index in [2.05, 4.69) is 10.6 Å². The number of rotatable bonds is 11. The molecule has 0 aliphatic heterocycles. The number of nitrogens with zero attached hydrogens (tertiary/aromatic N) is 2. The monoisotopic (exact) mass is 862 g/mol. The van der Waals surface area contributed by atoms with E-state index >= 15 is 0 Å². The standard InChI is InChI=1S/C21H29I3N4O9/c1-8(30)25-17-14(22)13(15(23)18(16(17)24)26-9(2)31)21(37)28(4)6-12(34)27(3)5-10(32)19(35)20(36)11(33)7-29/h10-11,19-20,29,32-33,35-36H,5-7H2,1-4H3,(H,25,30)(H,26,31)/t10-,11+,19-,20-/m0/s1. The molecule has 0 spiro atoms. The Morgan fingerprint density at radius 3 is 1.62 bits per heavy atom. The molecule has 1 aromatic rings. The largest absolute Gasteiger partial charge is 0.394 e. The van der Waals surface area contributed by atoms with Gasteiger partial charge < -0.3 is 46.0 Å². The highest BCUT2D eigenvalue weighted by atomic mass is 127. The second-order valence-corrected chi connectivity index (χ2v) is 11.4. The number of hydrogen-bond acceptors (Lipinski definition) is 9. The summed E-state index contributed by atoms with van der Waals surface area (Å²) < 4.78 is 1.33. The topological polar surface area (TPSA) is 200 Å². The Hall–Kier alpha value is -0.910. The van der Waals surface area contributed by atoms with Gasteiger partial charge in [0.05, 0.1) is 40.8 Å². The summed E-state index contributed by atoms with van der Waals surface area (Å²) in [6.07, 6.45) is -7.01. The fourth-order valence-corrected chi connectivity index (χ4v) is 7.23. The molecule has 0 unspecified atom stereocenters. The predicted molar refractivity (Wildman–Crippen MR) is 159 cm³/mol. The van der Waals surface area contributed by atoms with Crippen LogP contribution in [0.2, 0.25) is 0 Å². The van der Waals surface area contributed by atoms with Crippen LogP contribution in [-0.4, -0.2) is 117 Å². The van der Waals surface area contributed by atoms with E-state index in [1.54, 1.807) is 0 Å². The van der Waals surface area contributed by atoms with E-state index in [1.807, 2.05) is 67.8 Å². The van der Waals surface area contributed by atoms with Gasteiger partial charge in [-0.2, -0.15) is 0 Å². The number of nitrogens with one attached hydrogen (secondary N) is 2. The predicted octanol–water partition coefficient (Wildman–Crippen LogP) is -0.616. The molecule has 0 aromatic heterocycles. The van der Waals surface area contributed by atoms with Gasteiger partial charge in [-0.25, -0.2) is 0 Å². The molecular weight excluding hydrogens is 833 g/mol. The number of carbonyl (C=O) groups is 4. The van der Waals surface area contributed by atoms with Gasteiger partial charge in [0.15, 0.2) is 0 Å². The number of hydrogen-bond donors (Lipinski definition) is 7. The van der Waals surface area contributed by atoms with Crippen LogP contribution >= 0.6 is 67.8 Å². The van der Waals surface area contributed by atoms with Crippen molar-refractivity contribution in [3.05, 3.63) is 16.3 Å². The van der Waals surface area contributed by atoms with Crippen molar-refractivity contribution < 1.29 is 44.7 Å². The van der Waals surface area contributed by atoms with Crippen LogP contribution in [0.4, 0.5) is 11.4 Å². The van der Waals surface area contributed by atoms with Crippen molar-refractivity contribution in [2.24, 2.45) is 0 Å². The fraction of sp³-hybridized carbons (Fsp3) is 0.524. The van der Waals surface area contributed by atoms with Crippen LogP contribution in [0.1, 0.15) is 24.2 Å². The highest BCUT2D eigenvalue weighted by molar-refractivity contribution is 14.1. The molecule has 0 radical (unpaired) electrons. The molecule has 0 bridgehead atoms. The number of aliphatic hydroxyl groups excluding tert-OH is 5. The third-order valence-corrected chi connectivity index (χ3v) is 8.30. The zero-order valence-electron chi connectivity index (χ0n) is 20.3. The summed E-state index contributed by atoms with van der Waals surface area (Å²) in [7, 11) is 2.69. The molecule has 0 aliphatic carbocycles. The van der Waals surface area contributed by atoms with Crippen molar-refractivity contribution in [1.82, 2.24) is 9.80 Å². The Bertz CT molecular complexity index is 1000. The lowest BCUT2D eigenvalue weighted by atomic mass is 10.0. The third kappa shape index (κ3) is 9.07. The van der Waals surface area contributed by atoms with Gasteiger partial charge in [0.1, 0.15) is 24.4 Å². The summed E-state index contributed by atoms with van der Waals surface area (Å²) in [6.45, 7) is 0.909. The first-order valence-corrected chi connectivity index (χ1v) is 13.9. The normalized spacial score (nSPS) is 14.3.